The average molecular weight is 761 g/mol. The molecule has 3 aliphatic heterocycles. The number of amides is 3. The number of imide groups is 1. The van der Waals surface area contributed by atoms with Gasteiger partial charge < -0.3 is 47.8 Å². The average Bonchev–Trinajstić information content (AvgIpc) is 3.62. The van der Waals surface area contributed by atoms with E-state index in [-0.39, 0.29) is 57.1 Å². The van der Waals surface area contributed by atoms with Crippen molar-refractivity contribution >= 4 is 28.5 Å². The lowest BCUT2D eigenvalue weighted by Gasteiger charge is -2.40. The maximum atomic E-state index is 13.5. The van der Waals surface area contributed by atoms with Crippen LogP contribution in [0.2, 0.25) is 0 Å². The number of halogens is 2. The third-order valence-corrected chi connectivity index (χ3v) is 9.94. The van der Waals surface area contributed by atoms with Gasteiger partial charge in [0.2, 0.25) is 5.91 Å². The molecule has 0 unspecified atom stereocenters. The van der Waals surface area contributed by atoms with Gasteiger partial charge in [0.15, 0.2) is 0 Å². The summed E-state index contributed by atoms with van der Waals surface area (Å²) in [6, 6.07) is 11.4. The molecule has 0 aromatic heterocycles. The van der Waals surface area contributed by atoms with Gasteiger partial charge in [0, 0.05) is 54.3 Å². The summed E-state index contributed by atoms with van der Waals surface area (Å²) in [7, 11) is 4.55. The fourth-order valence-corrected chi connectivity index (χ4v) is 7.99. The Balaban J connectivity index is 0.00000288. The van der Waals surface area contributed by atoms with Crippen LogP contribution in [-0.4, -0.2) is 109 Å². The van der Waals surface area contributed by atoms with E-state index in [9.17, 15) is 14.4 Å². The van der Waals surface area contributed by atoms with E-state index in [1.807, 2.05) is 41.3 Å². The maximum absolute atomic E-state index is 13.5. The summed E-state index contributed by atoms with van der Waals surface area (Å²) in [5.74, 6) is 6.63. The molecular weight excluding hydrogens is 708 g/mol. The van der Waals surface area contributed by atoms with Crippen LogP contribution in [0.5, 0.6) is 0 Å². The zero-order chi connectivity index (χ0) is 31.4. The van der Waals surface area contributed by atoms with E-state index < -0.39 is 0 Å². The summed E-state index contributed by atoms with van der Waals surface area (Å²) in [6.45, 7) is 12.8. The number of hydrogen-bond acceptors (Lipinski definition) is 3. The molecule has 9 heteroatoms. The quantitative estimate of drug-likeness (QED) is 0.118. The van der Waals surface area contributed by atoms with E-state index in [1.165, 1.54) is 63.1 Å². The van der Waals surface area contributed by atoms with Crippen LogP contribution in [0.1, 0.15) is 85.9 Å². The summed E-state index contributed by atoms with van der Waals surface area (Å²) in [5.41, 5.74) is 1.04. The Labute approximate surface area is 297 Å². The lowest BCUT2D eigenvalue weighted by molar-refractivity contribution is -0.910. The molecule has 2 fully saturated rings. The molecule has 252 valence electrons. The zero-order valence-corrected chi connectivity index (χ0v) is 31.4. The first-order chi connectivity index (χ1) is 21.0. The smallest absolute Gasteiger partial charge is 0.261 e. The molecule has 7 nitrogen and oxygen atoms in total. The number of hydrogen-bond donors (Lipinski definition) is 0. The Morgan fingerprint density at radius 3 is 2.09 bits per heavy atom. The summed E-state index contributed by atoms with van der Waals surface area (Å²) in [4.78, 5) is 42.1. The van der Waals surface area contributed by atoms with Gasteiger partial charge in [-0.05, 0) is 55.5 Å². The topological polar surface area (TPSA) is 57.7 Å². The van der Waals surface area contributed by atoms with Crippen LogP contribution in [0.3, 0.4) is 0 Å². The van der Waals surface area contributed by atoms with Crippen molar-refractivity contribution in [2.45, 2.75) is 65.2 Å². The molecule has 0 atom stereocenters. The molecule has 3 aliphatic rings. The van der Waals surface area contributed by atoms with Crippen molar-refractivity contribution in [3.8, 4) is 11.8 Å². The molecular formula is C37H52Br2N4O3. The second-order valence-corrected chi connectivity index (χ2v) is 15.0. The predicted molar refractivity (Wildman–Crippen MR) is 176 cm³/mol. The number of rotatable bonds is 13. The zero-order valence-electron chi connectivity index (χ0n) is 28.3. The van der Waals surface area contributed by atoms with Crippen LogP contribution in [0, 0.1) is 17.3 Å². The van der Waals surface area contributed by atoms with E-state index in [4.69, 9.17) is 0 Å². The molecule has 0 spiro atoms. The first kappa shape index (κ1) is 38.2. The van der Waals surface area contributed by atoms with Crippen molar-refractivity contribution in [2.75, 3.05) is 73.0 Å². The molecule has 0 N–H and O–H groups in total. The van der Waals surface area contributed by atoms with Crippen molar-refractivity contribution in [2.24, 2.45) is 5.41 Å². The SMILES string of the molecule is CC(C)(CN1C(=O)c2cccc3cccc(c23)C1=O)C[N+](C)(C)CCCCCC[N+]1(CC#CCN2CCCC2=O)CCCC1.[Br-].[Br-]. The van der Waals surface area contributed by atoms with Crippen LogP contribution in [0.15, 0.2) is 36.4 Å². The number of nitrogens with zero attached hydrogens (tertiary/aromatic N) is 4. The van der Waals surface area contributed by atoms with E-state index in [2.05, 4.69) is 39.8 Å². The minimum absolute atomic E-state index is 0. The monoisotopic (exact) mass is 758 g/mol. The highest BCUT2D eigenvalue weighted by Gasteiger charge is 2.39. The van der Waals surface area contributed by atoms with E-state index in [1.54, 1.807) is 0 Å². The maximum Gasteiger partial charge on any atom is 0.261 e. The Bertz CT molecular complexity index is 1400. The van der Waals surface area contributed by atoms with Crippen molar-refractivity contribution in [3.63, 3.8) is 0 Å². The highest BCUT2D eigenvalue weighted by Crippen LogP contribution is 2.32. The fourth-order valence-electron chi connectivity index (χ4n) is 7.99. The molecule has 0 aliphatic carbocycles. The Hall–Kier alpha value is -2.25. The molecule has 0 bridgehead atoms. The molecule has 0 saturated carbocycles. The lowest BCUT2D eigenvalue weighted by atomic mass is 9.88. The summed E-state index contributed by atoms with van der Waals surface area (Å²) in [6.07, 6.45) is 9.11. The van der Waals surface area contributed by atoms with Gasteiger partial charge in [-0.15, -0.1) is 0 Å². The number of quaternary nitrogens is 2. The van der Waals surface area contributed by atoms with E-state index in [0.717, 1.165) is 52.3 Å². The number of benzene rings is 2. The number of unbranched alkanes of at least 4 members (excludes halogenated alkanes) is 3. The first-order valence-corrected chi connectivity index (χ1v) is 16.8. The summed E-state index contributed by atoms with van der Waals surface area (Å²) >= 11 is 0. The van der Waals surface area contributed by atoms with Crippen LogP contribution in [0.4, 0.5) is 0 Å². The third-order valence-electron chi connectivity index (χ3n) is 9.94. The van der Waals surface area contributed by atoms with Gasteiger partial charge in [0.05, 0.1) is 53.4 Å². The van der Waals surface area contributed by atoms with Crippen LogP contribution >= 0.6 is 0 Å². The first-order valence-electron chi connectivity index (χ1n) is 16.8. The second kappa shape index (κ2) is 16.2. The van der Waals surface area contributed by atoms with Crippen molar-refractivity contribution < 1.29 is 57.3 Å². The third kappa shape index (κ3) is 9.21. The minimum atomic E-state index is -0.218. The Morgan fingerprint density at radius 2 is 1.48 bits per heavy atom. The molecule has 46 heavy (non-hydrogen) atoms. The minimum Gasteiger partial charge on any atom is -1.00 e. The standard InChI is InChI=1S/C37H52N4O3.2BrH/c1-37(2,28-39-35(43)31-18-13-16-30-17-14-19-32(34(30)31)36(39)44)29-40(3,4)23-8-5-6-9-24-41(26-11-12-27-41)25-10-7-21-38-22-15-20-33(38)42;;/h13-14,16-19H,5-6,8-9,11-12,15,20-29H2,1-4H3;2*1H/q+2;;/p-2. The van der Waals surface area contributed by atoms with Gasteiger partial charge in [-0.1, -0.05) is 44.0 Å². The number of carbonyl (C=O) groups excluding carboxylic acids is 3. The molecule has 3 heterocycles. The van der Waals surface area contributed by atoms with Crippen LogP contribution in [-0.2, 0) is 4.79 Å². The lowest BCUT2D eigenvalue weighted by Crippen LogP contribution is -3.00. The Kier molecular flexibility index (Phi) is 13.5. The second-order valence-electron chi connectivity index (χ2n) is 15.0. The number of likely N-dealkylation sites (tertiary alicyclic amines) is 2. The molecule has 0 radical (unpaired) electrons. The molecule has 2 aromatic rings. The normalized spacial score (nSPS) is 17.5. The molecule has 2 saturated heterocycles. The fraction of sp³-hybridized carbons (Fsp3) is 0.595. The number of carbonyl (C=O) groups is 3. The van der Waals surface area contributed by atoms with Gasteiger partial charge in [0.25, 0.3) is 11.8 Å². The summed E-state index contributed by atoms with van der Waals surface area (Å²) in [5, 5.41) is 1.73. The van der Waals surface area contributed by atoms with E-state index >= 15 is 0 Å². The van der Waals surface area contributed by atoms with Gasteiger partial charge in [-0.2, -0.15) is 0 Å². The highest BCUT2D eigenvalue weighted by atomic mass is 79.9. The van der Waals surface area contributed by atoms with Gasteiger partial charge >= 0.3 is 0 Å². The van der Waals surface area contributed by atoms with Crippen molar-refractivity contribution in [1.82, 2.24) is 9.80 Å². The molecule has 2 aromatic carbocycles. The Morgan fingerprint density at radius 1 is 0.848 bits per heavy atom. The molecule has 3 amide bonds. The summed E-state index contributed by atoms with van der Waals surface area (Å²) < 4.78 is 1.99. The van der Waals surface area contributed by atoms with E-state index in [0.29, 0.717) is 30.6 Å². The molecule has 5 rings (SSSR count). The predicted octanol–water partition coefficient (Wildman–Crippen LogP) is -0.657. The van der Waals surface area contributed by atoms with Crippen LogP contribution in [0.25, 0.3) is 10.8 Å². The van der Waals surface area contributed by atoms with Crippen molar-refractivity contribution in [3.05, 3.63) is 47.5 Å². The van der Waals surface area contributed by atoms with Gasteiger partial charge in [-0.3, -0.25) is 19.3 Å². The largest absolute Gasteiger partial charge is 1.00 e. The van der Waals surface area contributed by atoms with Gasteiger partial charge in [0.1, 0.15) is 6.54 Å². The van der Waals surface area contributed by atoms with Crippen molar-refractivity contribution in [1.29, 1.82) is 0 Å². The van der Waals surface area contributed by atoms with Gasteiger partial charge in [-0.25, -0.2) is 0 Å². The van der Waals surface area contributed by atoms with Crippen LogP contribution < -0.4 is 34.0 Å². The highest BCUT2D eigenvalue weighted by molar-refractivity contribution is 6.25.